The van der Waals surface area contributed by atoms with Gasteiger partial charge in [0.25, 0.3) is 0 Å². The van der Waals surface area contributed by atoms with Crippen molar-refractivity contribution in [3.63, 3.8) is 0 Å². The number of nitrogens with two attached hydrogens (primary N) is 1. The Morgan fingerprint density at radius 2 is 1.73 bits per heavy atom. The first-order valence-corrected chi connectivity index (χ1v) is 7.19. The Bertz CT molecular complexity index is 606. The van der Waals surface area contributed by atoms with Crippen LogP contribution in [0.3, 0.4) is 0 Å². The molecule has 0 bridgehead atoms. The number of carbonyl (C=O) groups is 1. The molecule has 2 atom stereocenters. The Kier molecular flexibility index (Phi) is 21.2. The summed E-state index contributed by atoms with van der Waals surface area (Å²) in [4.78, 5) is 11.6. The molecular weight excluding hydrogens is 378 g/mol. The standard InChI is InChI=1S/C16H19NO2.3CO.Fe/c1-2-19-16(18)15(17)14-10-8-13(9-11-14)12-6-4-3-5-7-12;3*1-2;/h3-10,14-15H,2,11,17H2,1H3;;;;. The van der Waals surface area contributed by atoms with Crippen molar-refractivity contribution in [3.05, 3.63) is 74.1 Å². The van der Waals surface area contributed by atoms with Crippen LogP contribution in [0.1, 0.15) is 18.9 Å². The summed E-state index contributed by atoms with van der Waals surface area (Å²) < 4.78 is 27.4. The van der Waals surface area contributed by atoms with Gasteiger partial charge < -0.3 is 10.5 Å². The van der Waals surface area contributed by atoms with Crippen LogP contribution in [0.2, 0.25) is 0 Å². The summed E-state index contributed by atoms with van der Waals surface area (Å²) >= 11 is 0. The Hall–Kier alpha value is -2.13. The molecule has 138 valence electrons. The van der Waals surface area contributed by atoms with Crippen LogP contribution in [0.4, 0.5) is 0 Å². The fourth-order valence-electron chi connectivity index (χ4n) is 2.16. The van der Waals surface area contributed by atoms with Crippen molar-refractivity contribution in [3.8, 4) is 0 Å². The molecular formula is C19H19FeNO5. The Labute approximate surface area is 164 Å². The summed E-state index contributed by atoms with van der Waals surface area (Å²) in [5.74, 6) is -0.305. The number of esters is 1. The fraction of sp³-hybridized carbons (Fsp3) is 0.263. The zero-order chi connectivity index (χ0) is 19.7. The average Bonchev–Trinajstić information content (AvgIpc) is 2.73. The van der Waals surface area contributed by atoms with Crippen LogP contribution in [0.25, 0.3) is 5.57 Å². The van der Waals surface area contributed by atoms with Gasteiger partial charge in [0.1, 0.15) is 6.04 Å². The summed E-state index contributed by atoms with van der Waals surface area (Å²) in [6.45, 7) is 15.7. The average molecular weight is 397 g/mol. The van der Waals surface area contributed by atoms with Crippen LogP contribution in [-0.2, 0) is 40.6 Å². The van der Waals surface area contributed by atoms with Gasteiger partial charge in [-0.1, -0.05) is 48.6 Å². The van der Waals surface area contributed by atoms with Crippen LogP contribution in [0.5, 0.6) is 0 Å². The predicted octanol–water partition coefficient (Wildman–Crippen LogP) is 2.42. The number of allylic oxidation sites excluding steroid dienone is 3. The van der Waals surface area contributed by atoms with Crippen molar-refractivity contribution in [2.24, 2.45) is 11.7 Å². The van der Waals surface area contributed by atoms with Gasteiger partial charge in [0.15, 0.2) is 0 Å². The van der Waals surface area contributed by atoms with Crippen LogP contribution < -0.4 is 5.73 Å². The molecule has 7 heteroatoms. The second-order valence-corrected chi connectivity index (χ2v) is 4.56. The zero-order valence-electron chi connectivity index (χ0n) is 14.2. The van der Waals surface area contributed by atoms with E-state index in [0.29, 0.717) is 6.61 Å². The van der Waals surface area contributed by atoms with Crippen molar-refractivity contribution >= 4 is 11.5 Å². The van der Waals surface area contributed by atoms with E-state index >= 15 is 0 Å². The monoisotopic (exact) mass is 397 g/mol. The van der Waals surface area contributed by atoms with Gasteiger partial charge in [-0.05, 0) is 24.5 Å². The van der Waals surface area contributed by atoms with Crippen molar-refractivity contribution in [1.82, 2.24) is 0 Å². The van der Waals surface area contributed by atoms with Gasteiger partial charge in [-0.25, -0.2) is 0 Å². The summed E-state index contributed by atoms with van der Waals surface area (Å²) in [7, 11) is 0. The van der Waals surface area contributed by atoms with Gasteiger partial charge in [-0.15, -0.1) is 0 Å². The normalized spacial score (nSPS) is 14.6. The molecule has 0 saturated heterocycles. The van der Waals surface area contributed by atoms with Gasteiger partial charge in [-0.3, -0.25) is 4.79 Å². The molecule has 0 spiro atoms. The number of rotatable bonds is 4. The maximum atomic E-state index is 11.6. The smallest absolute Gasteiger partial charge is 0 e. The van der Waals surface area contributed by atoms with Gasteiger partial charge in [-0.2, -0.15) is 0 Å². The zero-order valence-corrected chi connectivity index (χ0v) is 15.3. The maximum Gasteiger partial charge on any atom is 0 e. The van der Waals surface area contributed by atoms with Crippen LogP contribution in [-0.4, -0.2) is 18.6 Å². The van der Waals surface area contributed by atoms with E-state index in [1.165, 1.54) is 11.1 Å². The molecule has 2 unspecified atom stereocenters. The van der Waals surface area contributed by atoms with Gasteiger partial charge >= 0.3 is 39.9 Å². The number of benzene rings is 1. The molecule has 2 N–H and O–H groups in total. The van der Waals surface area contributed by atoms with E-state index in [4.69, 9.17) is 24.4 Å². The molecule has 1 aromatic rings. The predicted molar refractivity (Wildman–Crippen MR) is 88.1 cm³/mol. The summed E-state index contributed by atoms with van der Waals surface area (Å²) in [5.41, 5.74) is 8.26. The van der Waals surface area contributed by atoms with Crippen LogP contribution >= 0.6 is 0 Å². The van der Waals surface area contributed by atoms with E-state index in [2.05, 4.69) is 38.2 Å². The molecule has 1 aliphatic carbocycles. The van der Waals surface area contributed by atoms with Crippen molar-refractivity contribution in [2.45, 2.75) is 19.4 Å². The van der Waals surface area contributed by atoms with E-state index in [9.17, 15) is 4.79 Å². The molecule has 0 aliphatic heterocycles. The van der Waals surface area contributed by atoms with Crippen molar-refractivity contribution in [1.29, 1.82) is 0 Å². The van der Waals surface area contributed by atoms with Gasteiger partial charge in [0.05, 0.1) is 6.61 Å². The molecule has 1 aromatic carbocycles. The van der Waals surface area contributed by atoms with Crippen LogP contribution in [0, 0.1) is 25.9 Å². The molecule has 1 aliphatic rings. The van der Waals surface area contributed by atoms with E-state index in [0.717, 1.165) is 6.42 Å². The van der Waals surface area contributed by atoms with Crippen molar-refractivity contribution in [2.75, 3.05) is 6.61 Å². The molecule has 26 heavy (non-hydrogen) atoms. The van der Waals surface area contributed by atoms with Gasteiger partial charge in [0.2, 0.25) is 0 Å². The SMILES string of the molecule is CCOC(=O)C(N)C1C=CC(c2ccccc2)=CC1.[C-]#[O+].[C-]#[O+].[C-]#[O+].[Fe]. The molecule has 0 heterocycles. The third kappa shape index (κ3) is 10.00. The number of carbonyl (C=O) groups excluding carboxylic acids is 1. The van der Waals surface area contributed by atoms with E-state index in [1.54, 1.807) is 6.92 Å². The van der Waals surface area contributed by atoms with Crippen molar-refractivity contribution < 1.29 is 40.6 Å². The first-order chi connectivity index (χ1) is 12.2. The van der Waals surface area contributed by atoms with E-state index in [1.807, 2.05) is 30.4 Å². The minimum Gasteiger partial charge on any atom is 0 e. The second kappa shape index (κ2) is 19.2. The van der Waals surface area contributed by atoms with E-state index in [-0.39, 0.29) is 29.0 Å². The Balaban J connectivity index is -0.000000686. The second-order valence-electron chi connectivity index (χ2n) is 4.56. The third-order valence-electron chi connectivity index (χ3n) is 3.26. The van der Waals surface area contributed by atoms with E-state index < -0.39 is 6.04 Å². The van der Waals surface area contributed by atoms with Crippen LogP contribution in [0.15, 0.2) is 48.6 Å². The minimum absolute atomic E-state index is 0. The topological polar surface area (TPSA) is 112 Å². The first kappa shape index (κ1) is 28.7. The number of ether oxygens (including phenoxy) is 1. The summed E-state index contributed by atoms with van der Waals surface area (Å²) in [6, 6.07) is 9.59. The number of hydrogen-bond acceptors (Lipinski definition) is 3. The fourth-order valence-corrected chi connectivity index (χ4v) is 2.16. The molecule has 0 aromatic heterocycles. The third-order valence-corrected chi connectivity index (χ3v) is 3.26. The first-order valence-electron chi connectivity index (χ1n) is 7.19. The molecule has 6 nitrogen and oxygen atoms in total. The molecule has 2 rings (SSSR count). The molecule has 0 amide bonds. The Morgan fingerprint density at radius 3 is 2.15 bits per heavy atom. The summed E-state index contributed by atoms with van der Waals surface area (Å²) in [5, 5.41) is 0. The number of hydrogen-bond donors (Lipinski definition) is 1. The largest absolute Gasteiger partial charge is 0 e. The van der Waals surface area contributed by atoms with Gasteiger partial charge in [0, 0.05) is 23.0 Å². The molecule has 0 fully saturated rings. The minimum atomic E-state index is -0.579. The quantitative estimate of drug-likeness (QED) is 0.364. The maximum absolute atomic E-state index is 11.6. The Morgan fingerprint density at radius 1 is 1.19 bits per heavy atom. The molecule has 0 radical (unpaired) electrons. The summed E-state index contributed by atoms with van der Waals surface area (Å²) in [6.07, 6.45) is 6.92. The molecule has 0 saturated carbocycles.